The van der Waals surface area contributed by atoms with Crippen molar-refractivity contribution < 1.29 is 44.1 Å². The number of aliphatic hydroxyl groups is 3. The maximum atomic E-state index is 10.8. The molecule has 1 saturated heterocycles. The van der Waals surface area contributed by atoms with E-state index < -0.39 is 45.0 Å². The van der Waals surface area contributed by atoms with E-state index in [0.717, 1.165) is 0 Å². The highest BCUT2D eigenvalue weighted by molar-refractivity contribution is 7.45. The molecule has 1 unspecified atom stereocenters. The van der Waals surface area contributed by atoms with E-state index in [4.69, 9.17) is 34.8 Å². The fourth-order valence-corrected chi connectivity index (χ4v) is 1.47. The first-order valence-corrected chi connectivity index (χ1v) is 6.97. The molecule has 0 aromatic carbocycles. The smallest absolute Gasteiger partial charge is 0.394 e. The van der Waals surface area contributed by atoms with E-state index in [-0.39, 0.29) is 5.91 Å². The Morgan fingerprint density at radius 1 is 1.30 bits per heavy atom. The van der Waals surface area contributed by atoms with Crippen LogP contribution in [0.3, 0.4) is 0 Å². The first kappa shape index (κ1) is 19.4. The van der Waals surface area contributed by atoms with Crippen LogP contribution in [0.4, 0.5) is 0 Å². The van der Waals surface area contributed by atoms with Crippen molar-refractivity contribution >= 4 is 13.7 Å². The van der Waals surface area contributed by atoms with Gasteiger partial charge in [0.15, 0.2) is 0 Å². The highest BCUT2D eigenvalue weighted by atomic mass is 31.2. The molecular formula is C8H19N2O9P. The van der Waals surface area contributed by atoms with E-state index in [2.05, 4.69) is 5.32 Å². The van der Waals surface area contributed by atoms with Crippen LogP contribution in [-0.4, -0.2) is 73.1 Å². The van der Waals surface area contributed by atoms with Crippen molar-refractivity contribution in [1.29, 1.82) is 0 Å². The molecule has 1 aliphatic heterocycles. The lowest BCUT2D eigenvalue weighted by molar-refractivity contribution is -0.197. The molecule has 11 nitrogen and oxygen atoms in total. The van der Waals surface area contributed by atoms with Crippen LogP contribution in [0.2, 0.25) is 0 Å². The van der Waals surface area contributed by atoms with Crippen LogP contribution in [0.5, 0.6) is 0 Å². The second-order valence-corrected chi connectivity index (χ2v) is 5.08. The van der Waals surface area contributed by atoms with Crippen molar-refractivity contribution in [2.75, 3.05) is 6.61 Å². The number of carbonyl (C=O) groups is 1. The first-order valence-electron chi connectivity index (χ1n) is 5.40. The average Bonchev–Trinajstić information content (AvgIpc) is 2.27. The van der Waals surface area contributed by atoms with Gasteiger partial charge >= 0.3 is 7.82 Å². The second-order valence-electron chi connectivity index (χ2n) is 4.05. The summed E-state index contributed by atoms with van der Waals surface area (Å²) in [6.07, 6.45) is -4.35. The van der Waals surface area contributed by atoms with Gasteiger partial charge in [0.1, 0.15) is 24.5 Å². The normalized spacial score (nSPS) is 33.9. The zero-order valence-corrected chi connectivity index (χ0v) is 11.4. The molecule has 0 aromatic heterocycles. The van der Waals surface area contributed by atoms with Gasteiger partial charge in [-0.3, -0.25) is 4.79 Å². The van der Waals surface area contributed by atoms with Crippen molar-refractivity contribution in [2.24, 2.45) is 5.73 Å². The minimum Gasteiger partial charge on any atom is -0.394 e. The first-order chi connectivity index (χ1) is 8.97. The highest BCUT2D eigenvalue weighted by Gasteiger charge is 2.42. The SMILES string of the molecule is CC(=O)NC1O[C@H](CO)[C@@H](O)[C@H](O)[C@H]1N.O=P(O)(O)O. The van der Waals surface area contributed by atoms with E-state index in [1.807, 2.05) is 0 Å². The zero-order valence-electron chi connectivity index (χ0n) is 10.5. The molecule has 12 heteroatoms. The molecule has 0 aliphatic carbocycles. The Labute approximate surface area is 114 Å². The molecule has 1 rings (SSSR count). The zero-order chi connectivity index (χ0) is 16.1. The number of hydrogen-bond acceptors (Lipinski definition) is 7. The summed E-state index contributed by atoms with van der Waals surface area (Å²) in [6, 6.07) is -0.924. The van der Waals surface area contributed by atoms with Gasteiger partial charge in [-0.1, -0.05) is 0 Å². The molecule has 0 aromatic rings. The van der Waals surface area contributed by atoms with Crippen LogP contribution in [0.25, 0.3) is 0 Å². The van der Waals surface area contributed by atoms with Gasteiger partial charge in [-0.2, -0.15) is 0 Å². The fraction of sp³-hybridized carbons (Fsp3) is 0.875. The van der Waals surface area contributed by atoms with Crippen molar-refractivity contribution in [1.82, 2.24) is 5.32 Å². The van der Waals surface area contributed by atoms with Crippen LogP contribution in [0.1, 0.15) is 6.92 Å². The van der Waals surface area contributed by atoms with E-state index in [1.165, 1.54) is 6.92 Å². The Morgan fingerprint density at radius 2 is 1.75 bits per heavy atom. The molecular weight excluding hydrogens is 299 g/mol. The van der Waals surface area contributed by atoms with Crippen LogP contribution in [0.15, 0.2) is 0 Å². The van der Waals surface area contributed by atoms with Gasteiger partial charge in [0.2, 0.25) is 5.91 Å². The number of carbonyl (C=O) groups excluding carboxylic acids is 1. The number of hydrogen-bond donors (Lipinski definition) is 8. The molecule has 1 aliphatic rings. The summed E-state index contributed by atoms with van der Waals surface area (Å²) in [5, 5.41) is 30.2. The number of phosphoric acid groups is 1. The van der Waals surface area contributed by atoms with Crippen LogP contribution in [-0.2, 0) is 14.1 Å². The average molecular weight is 318 g/mol. The number of ether oxygens (including phenoxy) is 1. The summed E-state index contributed by atoms with van der Waals surface area (Å²) >= 11 is 0. The standard InChI is InChI=1S/C8H16N2O5.H3O4P/c1-3(12)10-8-5(9)7(14)6(13)4(2-11)15-8;1-5(2,3)4/h4-8,11,13-14H,2,9H2,1H3,(H,10,12);(H3,1,2,3,4)/t4-,5-,6-,7-,8?;/m1./s1. The van der Waals surface area contributed by atoms with Crippen molar-refractivity contribution in [3.05, 3.63) is 0 Å². The largest absolute Gasteiger partial charge is 0.466 e. The number of nitrogens with two attached hydrogens (primary N) is 1. The fourth-order valence-electron chi connectivity index (χ4n) is 1.47. The topological polar surface area (TPSA) is 203 Å². The summed E-state index contributed by atoms with van der Waals surface area (Å²) < 4.78 is 14.0. The molecule has 0 saturated carbocycles. The molecule has 0 bridgehead atoms. The van der Waals surface area contributed by atoms with E-state index in [1.54, 1.807) is 0 Å². The third kappa shape index (κ3) is 7.24. The number of nitrogens with one attached hydrogen (secondary N) is 1. The van der Waals surface area contributed by atoms with Gasteiger partial charge in [-0.05, 0) is 0 Å². The summed E-state index contributed by atoms with van der Waals surface area (Å²) in [6.45, 7) is 0.822. The molecule has 9 N–H and O–H groups in total. The van der Waals surface area contributed by atoms with Gasteiger partial charge in [-0.15, -0.1) is 0 Å². The van der Waals surface area contributed by atoms with Gasteiger partial charge < -0.3 is 45.8 Å². The lowest BCUT2D eigenvalue weighted by Crippen LogP contribution is -2.66. The second kappa shape index (κ2) is 7.98. The Balaban J connectivity index is 0.000000621. The van der Waals surface area contributed by atoms with Crippen molar-refractivity contribution in [3.8, 4) is 0 Å². The van der Waals surface area contributed by atoms with Crippen molar-refractivity contribution in [2.45, 2.75) is 37.5 Å². The lowest BCUT2D eigenvalue weighted by Gasteiger charge is -2.40. The Hall–Kier alpha value is -0.620. The van der Waals surface area contributed by atoms with E-state index in [0.29, 0.717) is 0 Å². The predicted molar refractivity (Wildman–Crippen MR) is 63.8 cm³/mol. The molecule has 1 amide bonds. The Morgan fingerprint density at radius 3 is 2.10 bits per heavy atom. The third-order valence-electron chi connectivity index (χ3n) is 2.32. The summed E-state index contributed by atoms with van der Waals surface area (Å²) in [4.78, 5) is 32.3. The molecule has 120 valence electrons. The number of amides is 1. The van der Waals surface area contributed by atoms with E-state index >= 15 is 0 Å². The quantitative estimate of drug-likeness (QED) is 0.231. The molecule has 5 atom stereocenters. The minimum absolute atomic E-state index is 0.365. The van der Waals surface area contributed by atoms with Crippen LogP contribution >= 0.6 is 7.82 Å². The lowest BCUT2D eigenvalue weighted by atomic mass is 9.97. The molecule has 20 heavy (non-hydrogen) atoms. The van der Waals surface area contributed by atoms with Gasteiger partial charge in [-0.25, -0.2) is 4.57 Å². The van der Waals surface area contributed by atoms with Gasteiger partial charge in [0.05, 0.1) is 12.6 Å². The van der Waals surface area contributed by atoms with E-state index in [9.17, 15) is 15.0 Å². The third-order valence-corrected chi connectivity index (χ3v) is 2.32. The van der Waals surface area contributed by atoms with Crippen molar-refractivity contribution in [3.63, 3.8) is 0 Å². The molecule has 1 fully saturated rings. The van der Waals surface area contributed by atoms with Crippen LogP contribution < -0.4 is 11.1 Å². The maximum Gasteiger partial charge on any atom is 0.466 e. The number of aliphatic hydroxyl groups excluding tert-OH is 3. The Bertz CT molecular complexity index is 352. The summed E-state index contributed by atoms with van der Waals surface area (Å²) in [5.41, 5.74) is 5.55. The summed E-state index contributed by atoms with van der Waals surface area (Å²) in [5.74, 6) is -0.365. The molecule has 0 spiro atoms. The molecule has 1 heterocycles. The monoisotopic (exact) mass is 318 g/mol. The Kier molecular flexibility index (Phi) is 7.73. The van der Waals surface area contributed by atoms with Gasteiger partial charge in [0, 0.05) is 6.92 Å². The van der Waals surface area contributed by atoms with Crippen LogP contribution in [0, 0.1) is 0 Å². The summed E-state index contributed by atoms with van der Waals surface area (Å²) in [7, 11) is -4.64. The molecule has 0 radical (unpaired) electrons. The highest BCUT2D eigenvalue weighted by Crippen LogP contribution is 2.25. The maximum absolute atomic E-state index is 10.8. The number of rotatable bonds is 2. The predicted octanol–water partition coefficient (Wildman–Crippen LogP) is -4.04. The van der Waals surface area contributed by atoms with Gasteiger partial charge in [0.25, 0.3) is 0 Å². The minimum atomic E-state index is -4.64.